The lowest BCUT2D eigenvalue weighted by molar-refractivity contribution is 0.0697. The number of aromatic carboxylic acids is 1. The monoisotopic (exact) mass is 260 g/mol. The number of aromatic nitrogens is 1. The summed E-state index contributed by atoms with van der Waals surface area (Å²) in [7, 11) is 1.83. The molecule has 0 aliphatic heterocycles. The number of nitrogens with zero attached hydrogens (tertiary/aromatic N) is 2. The molecule has 5 nitrogen and oxygen atoms in total. The lowest BCUT2D eigenvalue weighted by atomic mass is 10.2. The van der Waals surface area contributed by atoms with Crippen LogP contribution in [-0.4, -0.2) is 23.1 Å². The van der Waals surface area contributed by atoms with E-state index >= 15 is 0 Å². The fourth-order valence-electron chi connectivity index (χ4n) is 1.92. The van der Waals surface area contributed by atoms with Gasteiger partial charge in [0.1, 0.15) is 17.1 Å². The minimum Gasteiger partial charge on any atom is -0.478 e. The molecule has 0 atom stereocenters. The van der Waals surface area contributed by atoms with Gasteiger partial charge in [0, 0.05) is 18.9 Å². The molecule has 100 valence electrons. The van der Waals surface area contributed by atoms with Crippen molar-refractivity contribution in [2.45, 2.75) is 20.4 Å². The molecule has 1 N–H and O–H groups in total. The first-order chi connectivity index (χ1) is 8.97. The van der Waals surface area contributed by atoms with Crippen molar-refractivity contribution in [1.29, 1.82) is 0 Å². The Kier molecular flexibility index (Phi) is 3.55. The third-order valence-electron chi connectivity index (χ3n) is 2.85. The normalized spacial score (nSPS) is 10.5. The molecular formula is C14H16N2O3. The number of hydrogen-bond acceptors (Lipinski definition) is 4. The SMILES string of the molecule is Cc1cc(N(C)Cc2ccc(C)o2)c(C(=O)O)cn1. The molecule has 19 heavy (non-hydrogen) atoms. The van der Waals surface area contributed by atoms with Crippen molar-refractivity contribution >= 4 is 11.7 Å². The third kappa shape index (κ3) is 2.93. The molecule has 0 spiro atoms. The topological polar surface area (TPSA) is 66.6 Å². The van der Waals surface area contributed by atoms with Crippen molar-refractivity contribution in [2.75, 3.05) is 11.9 Å². The van der Waals surface area contributed by atoms with Gasteiger partial charge in [-0.3, -0.25) is 4.98 Å². The molecule has 2 rings (SSSR count). The predicted octanol–water partition coefficient (Wildman–Crippen LogP) is 2.63. The summed E-state index contributed by atoms with van der Waals surface area (Å²) in [4.78, 5) is 17.1. The van der Waals surface area contributed by atoms with E-state index in [1.807, 2.05) is 37.9 Å². The van der Waals surface area contributed by atoms with Crippen LogP contribution < -0.4 is 4.90 Å². The summed E-state index contributed by atoms with van der Waals surface area (Å²) < 4.78 is 5.50. The summed E-state index contributed by atoms with van der Waals surface area (Å²) in [5.41, 5.74) is 1.60. The van der Waals surface area contributed by atoms with E-state index in [1.54, 1.807) is 6.07 Å². The Labute approximate surface area is 111 Å². The Morgan fingerprint density at radius 1 is 1.42 bits per heavy atom. The number of carbonyl (C=O) groups is 1. The first-order valence-electron chi connectivity index (χ1n) is 5.94. The summed E-state index contributed by atoms with van der Waals surface area (Å²) in [5.74, 6) is 0.656. The quantitative estimate of drug-likeness (QED) is 0.915. The average molecular weight is 260 g/mol. The zero-order valence-corrected chi connectivity index (χ0v) is 11.2. The zero-order chi connectivity index (χ0) is 14.0. The third-order valence-corrected chi connectivity index (χ3v) is 2.85. The molecule has 5 heteroatoms. The molecule has 0 fully saturated rings. The highest BCUT2D eigenvalue weighted by atomic mass is 16.4. The molecule has 0 saturated carbocycles. The summed E-state index contributed by atoms with van der Waals surface area (Å²) in [6, 6.07) is 5.54. The van der Waals surface area contributed by atoms with Crippen LogP contribution in [0.15, 0.2) is 28.8 Å². The van der Waals surface area contributed by atoms with Crippen molar-refractivity contribution in [3.8, 4) is 0 Å². The summed E-state index contributed by atoms with van der Waals surface area (Å²) in [6.45, 7) is 4.22. The van der Waals surface area contributed by atoms with Crippen molar-refractivity contribution in [2.24, 2.45) is 0 Å². The average Bonchev–Trinajstić information content (AvgIpc) is 2.74. The van der Waals surface area contributed by atoms with Crippen LogP contribution in [0.3, 0.4) is 0 Å². The Morgan fingerprint density at radius 3 is 2.74 bits per heavy atom. The van der Waals surface area contributed by atoms with Crippen LogP contribution in [0.4, 0.5) is 5.69 Å². The number of hydrogen-bond donors (Lipinski definition) is 1. The van der Waals surface area contributed by atoms with Crippen LogP contribution in [0.5, 0.6) is 0 Å². The Balaban J connectivity index is 2.29. The van der Waals surface area contributed by atoms with Crippen molar-refractivity contribution < 1.29 is 14.3 Å². The second-order valence-corrected chi connectivity index (χ2v) is 4.52. The largest absolute Gasteiger partial charge is 0.478 e. The molecule has 2 heterocycles. The summed E-state index contributed by atoms with van der Waals surface area (Å²) >= 11 is 0. The number of carboxylic acid groups (broad SMARTS) is 1. The van der Waals surface area contributed by atoms with Gasteiger partial charge in [0.15, 0.2) is 0 Å². The van der Waals surface area contributed by atoms with Crippen LogP contribution >= 0.6 is 0 Å². The molecule has 0 saturated heterocycles. The minimum absolute atomic E-state index is 0.191. The Hall–Kier alpha value is -2.30. The maximum atomic E-state index is 11.2. The van der Waals surface area contributed by atoms with Crippen molar-refractivity contribution in [3.05, 3.63) is 47.2 Å². The van der Waals surface area contributed by atoms with Gasteiger partial charge < -0.3 is 14.4 Å². The lowest BCUT2D eigenvalue weighted by Crippen LogP contribution is -2.19. The number of aryl methyl sites for hydroxylation is 2. The Bertz CT molecular complexity index is 604. The second-order valence-electron chi connectivity index (χ2n) is 4.52. The number of anilines is 1. The van der Waals surface area contributed by atoms with E-state index in [0.717, 1.165) is 17.2 Å². The Morgan fingerprint density at radius 2 is 2.16 bits per heavy atom. The number of rotatable bonds is 4. The molecule has 0 bridgehead atoms. The van der Waals surface area contributed by atoms with Crippen LogP contribution in [0, 0.1) is 13.8 Å². The molecule has 0 unspecified atom stereocenters. The van der Waals surface area contributed by atoms with Gasteiger partial charge in [0.25, 0.3) is 0 Å². The highest BCUT2D eigenvalue weighted by Crippen LogP contribution is 2.22. The van der Waals surface area contributed by atoms with Gasteiger partial charge in [0.2, 0.25) is 0 Å². The summed E-state index contributed by atoms with van der Waals surface area (Å²) in [5, 5.41) is 9.19. The van der Waals surface area contributed by atoms with Gasteiger partial charge in [-0.2, -0.15) is 0 Å². The predicted molar refractivity (Wildman–Crippen MR) is 71.5 cm³/mol. The van der Waals surface area contributed by atoms with Gasteiger partial charge in [-0.25, -0.2) is 4.79 Å². The first kappa shape index (κ1) is 13.1. The molecule has 0 aliphatic rings. The first-order valence-corrected chi connectivity index (χ1v) is 5.94. The van der Waals surface area contributed by atoms with Gasteiger partial charge in [0.05, 0.1) is 12.2 Å². The molecular weight excluding hydrogens is 244 g/mol. The van der Waals surface area contributed by atoms with E-state index in [-0.39, 0.29) is 5.56 Å². The number of carboxylic acids is 1. The number of pyridine rings is 1. The van der Waals surface area contributed by atoms with E-state index in [1.165, 1.54) is 6.20 Å². The lowest BCUT2D eigenvalue weighted by Gasteiger charge is -2.20. The van der Waals surface area contributed by atoms with Crippen molar-refractivity contribution in [3.63, 3.8) is 0 Å². The smallest absolute Gasteiger partial charge is 0.339 e. The second kappa shape index (κ2) is 5.14. The standard InChI is InChI=1S/C14H16N2O3/c1-9-6-13(12(7-15-9)14(17)18)16(3)8-11-5-4-10(2)19-11/h4-7H,8H2,1-3H3,(H,17,18). The molecule has 2 aromatic rings. The van der Waals surface area contributed by atoms with E-state index in [4.69, 9.17) is 4.42 Å². The van der Waals surface area contributed by atoms with Crippen LogP contribution in [0.1, 0.15) is 27.6 Å². The van der Waals surface area contributed by atoms with Gasteiger partial charge in [-0.1, -0.05) is 0 Å². The maximum absolute atomic E-state index is 11.2. The highest BCUT2D eigenvalue weighted by Gasteiger charge is 2.15. The molecule has 0 amide bonds. The van der Waals surface area contributed by atoms with Crippen LogP contribution in [0.25, 0.3) is 0 Å². The molecule has 0 radical (unpaired) electrons. The van der Waals surface area contributed by atoms with E-state index in [9.17, 15) is 9.90 Å². The van der Waals surface area contributed by atoms with E-state index in [2.05, 4.69) is 4.98 Å². The van der Waals surface area contributed by atoms with E-state index in [0.29, 0.717) is 12.2 Å². The molecule has 0 aromatic carbocycles. The molecule has 2 aromatic heterocycles. The van der Waals surface area contributed by atoms with Gasteiger partial charge in [-0.15, -0.1) is 0 Å². The van der Waals surface area contributed by atoms with Crippen molar-refractivity contribution in [1.82, 2.24) is 4.98 Å². The fourth-order valence-corrected chi connectivity index (χ4v) is 1.92. The maximum Gasteiger partial charge on any atom is 0.339 e. The van der Waals surface area contributed by atoms with Gasteiger partial charge >= 0.3 is 5.97 Å². The molecule has 0 aliphatic carbocycles. The van der Waals surface area contributed by atoms with Crippen LogP contribution in [-0.2, 0) is 6.54 Å². The zero-order valence-electron chi connectivity index (χ0n) is 11.2. The fraction of sp³-hybridized carbons (Fsp3) is 0.286. The minimum atomic E-state index is -0.982. The van der Waals surface area contributed by atoms with Crippen LogP contribution in [0.2, 0.25) is 0 Å². The number of furan rings is 1. The van der Waals surface area contributed by atoms with E-state index < -0.39 is 5.97 Å². The highest BCUT2D eigenvalue weighted by molar-refractivity contribution is 5.94. The summed E-state index contributed by atoms with van der Waals surface area (Å²) in [6.07, 6.45) is 1.39. The van der Waals surface area contributed by atoms with Gasteiger partial charge in [-0.05, 0) is 32.0 Å².